The maximum absolute atomic E-state index is 12.0. The zero-order valence-corrected chi connectivity index (χ0v) is 16.6. The highest BCUT2D eigenvalue weighted by atomic mass is 35.5. The number of nitrogens with zero attached hydrogens (tertiary/aromatic N) is 1. The van der Waals surface area contributed by atoms with Crippen molar-refractivity contribution in [3.8, 4) is 0 Å². The first kappa shape index (κ1) is 20.8. The van der Waals surface area contributed by atoms with Crippen molar-refractivity contribution in [1.82, 2.24) is 5.32 Å². The molecule has 2 aromatic carbocycles. The van der Waals surface area contributed by atoms with Crippen LogP contribution in [0.5, 0.6) is 0 Å². The Kier molecular flexibility index (Phi) is 8.14. The second-order valence-electron chi connectivity index (χ2n) is 6.13. The van der Waals surface area contributed by atoms with E-state index in [4.69, 9.17) is 11.6 Å². The Labute approximate surface area is 165 Å². The highest BCUT2D eigenvalue weighted by Gasteiger charge is 2.07. The molecule has 0 aliphatic heterocycles. The van der Waals surface area contributed by atoms with Crippen LogP contribution in [-0.2, 0) is 4.79 Å². The van der Waals surface area contributed by atoms with Crippen LogP contribution in [0, 0.1) is 0 Å². The predicted molar refractivity (Wildman–Crippen MR) is 112 cm³/mol. The zero-order valence-electron chi connectivity index (χ0n) is 15.8. The van der Waals surface area contributed by atoms with E-state index in [9.17, 15) is 9.59 Å². The van der Waals surface area contributed by atoms with Gasteiger partial charge in [-0.1, -0.05) is 11.6 Å². The standard InChI is InChI=1S/C21H26ClN3O2/c1-3-25(4-2)19-13-11-18(12-14-19)24-20(26)6-5-15-23-21(27)16-7-9-17(22)10-8-16/h7-14H,3-6,15H2,1-2H3,(H,23,27)(H,24,26). The van der Waals surface area contributed by atoms with Crippen LogP contribution in [0.4, 0.5) is 11.4 Å². The summed E-state index contributed by atoms with van der Waals surface area (Å²) >= 11 is 5.80. The highest BCUT2D eigenvalue weighted by Crippen LogP contribution is 2.18. The van der Waals surface area contributed by atoms with Crippen LogP contribution in [0.15, 0.2) is 48.5 Å². The van der Waals surface area contributed by atoms with Gasteiger partial charge in [-0.15, -0.1) is 0 Å². The number of amides is 2. The van der Waals surface area contributed by atoms with E-state index in [1.165, 1.54) is 0 Å². The lowest BCUT2D eigenvalue weighted by Gasteiger charge is -2.21. The minimum atomic E-state index is -0.168. The highest BCUT2D eigenvalue weighted by molar-refractivity contribution is 6.30. The van der Waals surface area contributed by atoms with E-state index in [0.29, 0.717) is 30.0 Å². The SMILES string of the molecule is CCN(CC)c1ccc(NC(=O)CCCNC(=O)c2ccc(Cl)cc2)cc1. The van der Waals surface area contributed by atoms with Crippen molar-refractivity contribution in [2.75, 3.05) is 29.9 Å². The molecule has 0 heterocycles. The first-order valence-corrected chi connectivity index (χ1v) is 9.60. The van der Waals surface area contributed by atoms with Crippen LogP contribution in [-0.4, -0.2) is 31.4 Å². The molecule has 0 atom stereocenters. The molecule has 0 fully saturated rings. The Morgan fingerprint density at radius 1 is 0.963 bits per heavy atom. The molecule has 0 unspecified atom stereocenters. The molecule has 0 bridgehead atoms. The van der Waals surface area contributed by atoms with Gasteiger partial charge in [0.2, 0.25) is 5.91 Å². The molecule has 2 aromatic rings. The third-order valence-electron chi connectivity index (χ3n) is 4.25. The molecule has 0 aliphatic carbocycles. The molecule has 5 nitrogen and oxygen atoms in total. The van der Waals surface area contributed by atoms with Crippen molar-refractivity contribution >= 4 is 34.8 Å². The molecule has 2 amide bonds. The Morgan fingerprint density at radius 3 is 2.19 bits per heavy atom. The Hall–Kier alpha value is -2.53. The fourth-order valence-electron chi connectivity index (χ4n) is 2.72. The third kappa shape index (κ3) is 6.61. The van der Waals surface area contributed by atoms with E-state index < -0.39 is 0 Å². The van der Waals surface area contributed by atoms with Gasteiger partial charge in [0.1, 0.15) is 0 Å². The number of carbonyl (C=O) groups is 2. The molecule has 0 aromatic heterocycles. The van der Waals surface area contributed by atoms with Crippen LogP contribution in [0.3, 0.4) is 0 Å². The first-order valence-electron chi connectivity index (χ1n) is 9.22. The van der Waals surface area contributed by atoms with Gasteiger partial charge in [-0.3, -0.25) is 9.59 Å². The van der Waals surface area contributed by atoms with Gasteiger partial charge >= 0.3 is 0 Å². The smallest absolute Gasteiger partial charge is 0.251 e. The summed E-state index contributed by atoms with van der Waals surface area (Å²) in [6, 6.07) is 14.5. The number of halogens is 1. The molecule has 27 heavy (non-hydrogen) atoms. The quantitative estimate of drug-likeness (QED) is 0.629. The lowest BCUT2D eigenvalue weighted by molar-refractivity contribution is -0.116. The van der Waals surface area contributed by atoms with E-state index in [1.807, 2.05) is 24.3 Å². The molecular weight excluding hydrogens is 362 g/mol. The molecule has 2 N–H and O–H groups in total. The molecule has 0 saturated heterocycles. The Bertz CT molecular complexity index is 741. The number of nitrogens with one attached hydrogen (secondary N) is 2. The Balaban J connectivity index is 1.71. The van der Waals surface area contributed by atoms with Crippen LogP contribution in [0.2, 0.25) is 5.02 Å². The minimum absolute atomic E-state index is 0.0636. The summed E-state index contributed by atoms with van der Waals surface area (Å²) in [5.41, 5.74) is 2.47. The van der Waals surface area contributed by atoms with Gasteiger partial charge < -0.3 is 15.5 Å². The van der Waals surface area contributed by atoms with Gasteiger partial charge in [-0.05, 0) is 68.8 Å². The summed E-state index contributed by atoms with van der Waals surface area (Å²) in [6.07, 6.45) is 0.918. The second kappa shape index (κ2) is 10.6. The van der Waals surface area contributed by atoms with E-state index in [1.54, 1.807) is 24.3 Å². The summed E-state index contributed by atoms with van der Waals surface area (Å²) in [7, 11) is 0. The van der Waals surface area contributed by atoms with Crippen LogP contribution >= 0.6 is 11.6 Å². The summed E-state index contributed by atoms with van der Waals surface area (Å²) in [5.74, 6) is -0.231. The van der Waals surface area contributed by atoms with Crippen LogP contribution in [0.1, 0.15) is 37.0 Å². The second-order valence-corrected chi connectivity index (χ2v) is 6.57. The topological polar surface area (TPSA) is 61.4 Å². The monoisotopic (exact) mass is 387 g/mol. The number of carbonyl (C=O) groups excluding carboxylic acids is 2. The van der Waals surface area contributed by atoms with Gasteiger partial charge in [-0.2, -0.15) is 0 Å². The average molecular weight is 388 g/mol. The molecule has 144 valence electrons. The number of hydrogen-bond acceptors (Lipinski definition) is 3. The average Bonchev–Trinajstić information content (AvgIpc) is 2.68. The molecular formula is C21H26ClN3O2. The van der Waals surface area contributed by atoms with E-state index in [0.717, 1.165) is 24.5 Å². The molecule has 0 aliphatic rings. The van der Waals surface area contributed by atoms with E-state index in [2.05, 4.69) is 29.4 Å². The predicted octanol–water partition coefficient (Wildman–Crippen LogP) is 4.33. The minimum Gasteiger partial charge on any atom is -0.372 e. The summed E-state index contributed by atoms with van der Waals surface area (Å²) in [6.45, 7) is 6.57. The molecule has 6 heteroatoms. The first-order chi connectivity index (χ1) is 13.0. The number of benzene rings is 2. The fraction of sp³-hybridized carbons (Fsp3) is 0.333. The van der Waals surface area contributed by atoms with Gasteiger partial charge in [0.15, 0.2) is 0 Å². The number of anilines is 2. The zero-order chi connectivity index (χ0) is 19.6. The lowest BCUT2D eigenvalue weighted by Crippen LogP contribution is -2.25. The third-order valence-corrected chi connectivity index (χ3v) is 4.50. The van der Waals surface area contributed by atoms with Gasteiger partial charge in [-0.25, -0.2) is 0 Å². The van der Waals surface area contributed by atoms with Crippen molar-refractivity contribution < 1.29 is 9.59 Å². The van der Waals surface area contributed by atoms with E-state index in [-0.39, 0.29) is 11.8 Å². The normalized spacial score (nSPS) is 10.3. The fourth-order valence-corrected chi connectivity index (χ4v) is 2.85. The van der Waals surface area contributed by atoms with Gasteiger partial charge in [0.25, 0.3) is 5.91 Å². The lowest BCUT2D eigenvalue weighted by atomic mass is 10.2. The van der Waals surface area contributed by atoms with Crippen LogP contribution in [0.25, 0.3) is 0 Å². The number of rotatable bonds is 9. The van der Waals surface area contributed by atoms with Crippen molar-refractivity contribution in [2.24, 2.45) is 0 Å². The Morgan fingerprint density at radius 2 is 1.59 bits per heavy atom. The van der Waals surface area contributed by atoms with Crippen molar-refractivity contribution in [3.05, 3.63) is 59.1 Å². The van der Waals surface area contributed by atoms with Crippen LogP contribution < -0.4 is 15.5 Å². The van der Waals surface area contributed by atoms with Crippen molar-refractivity contribution in [2.45, 2.75) is 26.7 Å². The molecule has 0 spiro atoms. The summed E-state index contributed by atoms with van der Waals surface area (Å²) in [5, 5.41) is 6.28. The van der Waals surface area contributed by atoms with E-state index >= 15 is 0 Å². The number of hydrogen-bond donors (Lipinski definition) is 2. The molecule has 2 rings (SSSR count). The van der Waals surface area contributed by atoms with Crippen molar-refractivity contribution in [3.63, 3.8) is 0 Å². The van der Waals surface area contributed by atoms with Gasteiger partial charge in [0, 0.05) is 48.0 Å². The molecule has 0 radical (unpaired) electrons. The largest absolute Gasteiger partial charge is 0.372 e. The van der Waals surface area contributed by atoms with Gasteiger partial charge in [0.05, 0.1) is 0 Å². The maximum Gasteiger partial charge on any atom is 0.251 e. The summed E-state index contributed by atoms with van der Waals surface area (Å²) in [4.78, 5) is 26.3. The maximum atomic E-state index is 12.0. The molecule has 0 saturated carbocycles. The van der Waals surface area contributed by atoms with Crippen molar-refractivity contribution in [1.29, 1.82) is 0 Å². The summed E-state index contributed by atoms with van der Waals surface area (Å²) < 4.78 is 0.